The molecule has 2 rings (SSSR count). The number of likely N-dealkylation sites (tertiary alicyclic amines) is 1. The lowest BCUT2D eigenvalue weighted by Crippen LogP contribution is -2.49. The van der Waals surface area contributed by atoms with E-state index in [0.717, 1.165) is 51.5 Å². The van der Waals surface area contributed by atoms with Crippen molar-refractivity contribution >= 4 is 29.9 Å². The van der Waals surface area contributed by atoms with Gasteiger partial charge >= 0.3 is 0 Å². The molecule has 4 nitrogen and oxygen atoms in total. The molecule has 1 fully saturated rings. The summed E-state index contributed by atoms with van der Waals surface area (Å²) in [4.78, 5) is 7.34. The Bertz CT molecular complexity index is 606. The predicted octanol–water partition coefficient (Wildman–Crippen LogP) is 4.31. The molecule has 1 aromatic rings. The maximum absolute atomic E-state index is 4.85. The summed E-state index contributed by atoms with van der Waals surface area (Å²) in [5.74, 6) is 1.37. The van der Waals surface area contributed by atoms with Crippen LogP contribution in [0.25, 0.3) is 0 Å². The van der Waals surface area contributed by atoms with Gasteiger partial charge in [0.25, 0.3) is 0 Å². The number of hydrogen-bond acceptors (Lipinski definition) is 2. The van der Waals surface area contributed by atoms with Gasteiger partial charge in [0.2, 0.25) is 0 Å². The van der Waals surface area contributed by atoms with Crippen LogP contribution < -0.4 is 10.6 Å². The Hall–Kier alpha value is -1.08. The fourth-order valence-electron chi connectivity index (χ4n) is 3.44. The van der Waals surface area contributed by atoms with Crippen molar-refractivity contribution in [2.75, 3.05) is 32.7 Å². The summed E-state index contributed by atoms with van der Waals surface area (Å²) in [6.45, 7) is 17.6. The molecule has 0 aromatic heterocycles. The van der Waals surface area contributed by atoms with E-state index in [2.05, 4.69) is 74.1 Å². The van der Waals surface area contributed by atoms with Crippen molar-refractivity contribution in [3.05, 3.63) is 47.5 Å². The molecule has 0 saturated carbocycles. The molecule has 1 unspecified atom stereocenters. The van der Waals surface area contributed by atoms with Crippen molar-refractivity contribution in [3.63, 3.8) is 0 Å². The molecule has 1 aliphatic rings. The molecule has 152 valence electrons. The Balaban J connectivity index is 0.00000364. The SMILES string of the molecule is C=C(C)CN1CCC(NC(=NCC(C)c2cccc(C)c2)NCC)CC1.I. The summed E-state index contributed by atoms with van der Waals surface area (Å²) in [6, 6.07) is 9.24. The van der Waals surface area contributed by atoms with Crippen LogP contribution in [0.4, 0.5) is 0 Å². The predicted molar refractivity (Wildman–Crippen MR) is 128 cm³/mol. The van der Waals surface area contributed by atoms with Gasteiger partial charge in [0.05, 0.1) is 0 Å². The molecule has 0 aliphatic carbocycles. The molecule has 0 radical (unpaired) electrons. The van der Waals surface area contributed by atoms with Gasteiger partial charge in [0.15, 0.2) is 5.96 Å². The third-order valence-electron chi connectivity index (χ3n) is 4.90. The van der Waals surface area contributed by atoms with Crippen LogP contribution in [0, 0.1) is 6.92 Å². The molecule has 27 heavy (non-hydrogen) atoms. The minimum Gasteiger partial charge on any atom is -0.357 e. The normalized spacial score (nSPS) is 17.1. The monoisotopic (exact) mass is 484 g/mol. The highest BCUT2D eigenvalue weighted by atomic mass is 127. The largest absolute Gasteiger partial charge is 0.357 e. The zero-order valence-corrected chi connectivity index (χ0v) is 19.8. The van der Waals surface area contributed by atoms with Crippen LogP contribution in [0.3, 0.4) is 0 Å². The molecule has 0 bridgehead atoms. The first-order valence-corrected chi connectivity index (χ1v) is 9.96. The average molecular weight is 484 g/mol. The van der Waals surface area contributed by atoms with Crippen molar-refractivity contribution in [3.8, 4) is 0 Å². The average Bonchev–Trinajstić information content (AvgIpc) is 2.61. The number of halogens is 1. The van der Waals surface area contributed by atoms with Crippen LogP contribution in [0.15, 0.2) is 41.4 Å². The van der Waals surface area contributed by atoms with Gasteiger partial charge in [-0.15, -0.1) is 24.0 Å². The number of aliphatic imine (C=N–C) groups is 1. The van der Waals surface area contributed by atoms with Gasteiger partial charge in [-0.05, 0) is 39.2 Å². The topological polar surface area (TPSA) is 39.7 Å². The second-order valence-corrected chi connectivity index (χ2v) is 7.69. The lowest BCUT2D eigenvalue weighted by molar-refractivity contribution is 0.221. The van der Waals surface area contributed by atoms with E-state index in [-0.39, 0.29) is 24.0 Å². The van der Waals surface area contributed by atoms with Crippen LogP contribution in [0.1, 0.15) is 50.7 Å². The highest BCUT2D eigenvalue weighted by Crippen LogP contribution is 2.17. The zero-order chi connectivity index (χ0) is 18.9. The lowest BCUT2D eigenvalue weighted by atomic mass is 10.00. The molecule has 0 amide bonds. The van der Waals surface area contributed by atoms with E-state index < -0.39 is 0 Å². The number of nitrogens with one attached hydrogen (secondary N) is 2. The van der Waals surface area contributed by atoms with Crippen LogP contribution in [0.5, 0.6) is 0 Å². The Morgan fingerprint density at radius 2 is 2.04 bits per heavy atom. The molecular formula is C22H37IN4. The summed E-state index contributed by atoms with van der Waals surface area (Å²) in [5, 5.41) is 7.04. The molecule has 1 heterocycles. The second-order valence-electron chi connectivity index (χ2n) is 7.69. The Labute approximate surface area is 182 Å². The minimum atomic E-state index is 0. The highest BCUT2D eigenvalue weighted by molar-refractivity contribution is 14.0. The van der Waals surface area contributed by atoms with E-state index in [1.54, 1.807) is 0 Å². The van der Waals surface area contributed by atoms with E-state index in [0.29, 0.717) is 12.0 Å². The first kappa shape index (κ1) is 24.0. The standard InChI is InChI=1S/C22H36N4.HI/c1-6-23-22(24-15-19(5)20-9-7-8-18(4)14-20)25-21-10-12-26(13-11-21)16-17(2)3;/h7-9,14,19,21H,2,6,10-13,15-16H2,1,3-5H3,(H2,23,24,25);1H. The van der Waals surface area contributed by atoms with E-state index in [1.165, 1.54) is 16.7 Å². The Morgan fingerprint density at radius 3 is 2.63 bits per heavy atom. The highest BCUT2D eigenvalue weighted by Gasteiger charge is 2.19. The number of aryl methyl sites for hydroxylation is 1. The maximum atomic E-state index is 4.85. The third kappa shape index (κ3) is 8.64. The van der Waals surface area contributed by atoms with E-state index in [1.807, 2.05) is 0 Å². The van der Waals surface area contributed by atoms with Gasteiger partial charge in [0, 0.05) is 44.7 Å². The quantitative estimate of drug-likeness (QED) is 0.262. The van der Waals surface area contributed by atoms with Crippen molar-refractivity contribution in [2.24, 2.45) is 4.99 Å². The molecule has 1 aliphatic heterocycles. The second kappa shape index (κ2) is 12.4. The van der Waals surface area contributed by atoms with Crippen molar-refractivity contribution in [1.82, 2.24) is 15.5 Å². The number of piperidine rings is 1. The van der Waals surface area contributed by atoms with Gasteiger partial charge in [-0.3, -0.25) is 9.89 Å². The van der Waals surface area contributed by atoms with Gasteiger partial charge < -0.3 is 10.6 Å². The smallest absolute Gasteiger partial charge is 0.191 e. The minimum absolute atomic E-state index is 0. The fourth-order valence-corrected chi connectivity index (χ4v) is 3.44. The summed E-state index contributed by atoms with van der Waals surface area (Å²) in [6.07, 6.45) is 2.32. The van der Waals surface area contributed by atoms with Crippen LogP contribution in [-0.2, 0) is 0 Å². The lowest BCUT2D eigenvalue weighted by Gasteiger charge is -2.33. The van der Waals surface area contributed by atoms with Crippen LogP contribution in [-0.4, -0.2) is 49.6 Å². The van der Waals surface area contributed by atoms with Gasteiger partial charge in [-0.2, -0.15) is 0 Å². The molecule has 1 saturated heterocycles. The molecule has 2 N–H and O–H groups in total. The summed E-state index contributed by atoms with van der Waals surface area (Å²) in [7, 11) is 0. The first-order chi connectivity index (χ1) is 12.5. The fraction of sp³-hybridized carbons (Fsp3) is 0.591. The van der Waals surface area contributed by atoms with E-state index in [9.17, 15) is 0 Å². The van der Waals surface area contributed by atoms with E-state index >= 15 is 0 Å². The van der Waals surface area contributed by atoms with Crippen molar-refractivity contribution in [2.45, 2.75) is 52.5 Å². The Kier molecular flexibility index (Phi) is 11.0. The van der Waals surface area contributed by atoms with Gasteiger partial charge in [-0.25, -0.2) is 0 Å². The van der Waals surface area contributed by atoms with Crippen LogP contribution >= 0.6 is 24.0 Å². The summed E-state index contributed by atoms with van der Waals surface area (Å²) in [5.41, 5.74) is 3.92. The zero-order valence-electron chi connectivity index (χ0n) is 17.4. The molecule has 1 aromatic carbocycles. The van der Waals surface area contributed by atoms with Crippen molar-refractivity contribution in [1.29, 1.82) is 0 Å². The van der Waals surface area contributed by atoms with Gasteiger partial charge in [-0.1, -0.05) is 48.9 Å². The van der Waals surface area contributed by atoms with Crippen molar-refractivity contribution < 1.29 is 0 Å². The van der Waals surface area contributed by atoms with E-state index in [4.69, 9.17) is 4.99 Å². The van der Waals surface area contributed by atoms with Gasteiger partial charge in [0.1, 0.15) is 0 Å². The number of benzene rings is 1. The molecule has 0 spiro atoms. The number of rotatable bonds is 7. The molecule has 5 heteroatoms. The number of nitrogens with zero attached hydrogens (tertiary/aromatic N) is 2. The summed E-state index contributed by atoms with van der Waals surface area (Å²) < 4.78 is 0. The third-order valence-corrected chi connectivity index (χ3v) is 4.90. The first-order valence-electron chi connectivity index (χ1n) is 9.96. The summed E-state index contributed by atoms with van der Waals surface area (Å²) >= 11 is 0. The maximum Gasteiger partial charge on any atom is 0.191 e. The molecule has 1 atom stereocenters. The van der Waals surface area contributed by atoms with Crippen LogP contribution in [0.2, 0.25) is 0 Å². The number of guanidine groups is 1. The number of hydrogen-bond donors (Lipinski definition) is 2. The Morgan fingerprint density at radius 1 is 1.33 bits per heavy atom. The molecular weight excluding hydrogens is 447 g/mol.